The highest BCUT2D eigenvalue weighted by atomic mass is 79.9. The first kappa shape index (κ1) is 16.8. The maximum atomic E-state index is 6.20. The lowest BCUT2D eigenvalue weighted by Crippen LogP contribution is -2.20. The number of benzene rings is 1. The van der Waals surface area contributed by atoms with Gasteiger partial charge in [-0.05, 0) is 55.8 Å². The molecule has 1 saturated carbocycles. The Bertz CT molecular complexity index is 453. The maximum absolute atomic E-state index is 6.20. The molecule has 0 amide bonds. The van der Waals surface area contributed by atoms with E-state index in [0.29, 0.717) is 5.92 Å². The third kappa shape index (κ3) is 5.30. The molecule has 1 fully saturated rings. The summed E-state index contributed by atoms with van der Waals surface area (Å²) in [5.41, 5.74) is 2.49. The summed E-state index contributed by atoms with van der Waals surface area (Å²) in [5, 5.41) is 3.52. The molecule has 21 heavy (non-hydrogen) atoms. The van der Waals surface area contributed by atoms with Gasteiger partial charge < -0.3 is 10.1 Å². The standard InChI is InChI=1S/C18H28BrNO/c1-13(2)10-20-11-16-9-17(19)8-14(3)18(16)21-12-15-6-4-5-7-15/h8-9,13,15,20H,4-7,10-12H2,1-3H3. The predicted molar refractivity (Wildman–Crippen MR) is 92.9 cm³/mol. The van der Waals surface area contributed by atoms with Gasteiger partial charge in [-0.1, -0.05) is 42.6 Å². The summed E-state index contributed by atoms with van der Waals surface area (Å²) in [7, 11) is 0. The van der Waals surface area contributed by atoms with Crippen molar-refractivity contribution in [3.8, 4) is 5.75 Å². The zero-order chi connectivity index (χ0) is 15.2. The van der Waals surface area contributed by atoms with Gasteiger partial charge in [-0.15, -0.1) is 0 Å². The van der Waals surface area contributed by atoms with Crippen LogP contribution in [0.25, 0.3) is 0 Å². The summed E-state index contributed by atoms with van der Waals surface area (Å²) in [6, 6.07) is 4.33. The third-order valence-electron chi connectivity index (χ3n) is 4.12. The summed E-state index contributed by atoms with van der Waals surface area (Å²) >= 11 is 3.60. The van der Waals surface area contributed by atoms with Crippen LogP contribution in [0.15, 0.2) is 16.6 Å². The summed E-state index contributed by atoms with van der Waals surface area (Å²) in [6.07, 6.45) is 5.40. The molecule has 1 aliphatic carbocycles. The zero-order valence-electron chi connectivity index (χ0n) is 13.5. The Labute approximate surface area is 137 Å². The summed E-state index contributed by atoms with van der Waals surface area (Å²) in [6.45, 7) is 9.39. The number of halogens is 1. The topological polar surface area (TPSA) is 21.3 Å². The minimum atomic E-state index is 0.668. The fourth-order valence-electron chi connectivity index (χ4n) is 3.01. The Morgan fingerprint density at radius 1 is 1.29 bits per heavy atom. The number of rotatable bonds is 7. The number of nitrogens with one attached hydrogen (secondary N) is 1. The number of aryl methyl sites for hydroxylation is 1. The van der Waals surface area contributed by atoms with Gasteiger partial charge in [0.1, 0.15) is 5.75 Å². The van der Waals surface area contributed by atoms with Crippen LogP contribution in [-0.4, -0.2) is 13.2 Å². The van der Waals surface area contributed by atoms with Crippen molar-refractivity contribution >= 4 is 15.9 Å². The van der Waals surface area contributed by atoms with E-state index in [1.807, 2.05) is 0 Å². The van der Waals surface area contributed by atoms with E-state index in [1.165, 1.54) is 36.8 Å². The van der Waals surface area contributed by atoms with Crippen molar-refractivity contribution in [3.05, 3.63) is 27.7 Å². The number of ether oxygens (including phenoxy) is 1. The highest BCUT2D eigenvalue weighted by molar-refractivity contribution is 9.10. The van der Waals surface area contributed by atoms with Crippen molar-refractivity contribution in [1.29, 1.82) is 0 Å². The van der Waals surface area contributed by atoms with Gasteiger partial charge in [0.25, 0.3) is 0 Å². The summed E-state index contributed by atoms with van der Waals surface area (Å²) in [5.74, 6) is 2.51. The van der Waals surface area contributed by atoms with Gasteiger partial charge in [0.05, 0.1) is 6.61 Å². The van der Waals surface area contributed by atoms with Gasteiger partial charge in [0.15, 0.2) is 0 Å². The Morgan fingerprint density at radius 2 is 2.00 bits per heavy atom. The first-order valence-corrected chi connectivity index (χ1v) is 8.98. The Balaban J connectivity index is 2.02. The molecule has 118 valence electrons. The predicted octanol–water partition coefficient (Wildman–Crippen LogP) is 5.07. The van der Waals surface area contributed by atoms with Crippen LogP contribution < -0.4 is 10.1 Å². The molecule has 0 heterocycles. The molecule has 2 rings (SSSR count). The molecule has 0 saturated heterocycles. The van der Waals surface area contributed by atoms with E-state index >= 15 is 0 Å². The van der Waals surface area contributed by atoms with Crippen LogP contribution >= 0.6 is 15.9 Å². The molecule has 3 heteroatoms. The molecule has 0 spiro atoms. The van der Waals surface area contributed by atoms with E-state index < -0.39 is 0 Å². The largest absolute Gasteiger partial charge is 0.493 e. The molecular weight excluding hydrogens is 326 g/mol. The molecular formula is C18H28BrNO. The van der Waals surface area contributed by atoms with Crippen molar-refractivity contribution in [2.75, 3.05) is 13.2 Å². The molecule has 0 aromatic heterocycles. The second-order valence-electron chi connectivity index (χ2n) is 6.70. The van der Waals surface area contributed by atoms with Gasteiger partial charge >= 0.3 is 0 Å². The molecule has 0 atom stereocenters. The molecule has 1 aromatic rings. The van der Waals surface area contributed by atoms with E-state index in [2.05, 4.69) is 54.2 Å². The average Bonchev–Trinajstić information content (AvgIpc) is 2.90. The quantitative estimate of drug-likeness (QED) is 0.738. The first-order chi connectivity index (χ1) is 10.1. The molecule has 0 aliphatic heterocycles. The smallest absolute Gasteiger partial charge is 0.126 e. The zero-order valence-corrected chi connectivity index (χ0v) is 15.1. The Morgan fingerprint density at radius 3 is 2.67 bits per heavy atom. The van der Waals surface area contributed by atoms with Crippen LogP contribution in [0.5, 0.6) is 5.75 Å². The van der Waals surface area contributed by atoms with Crippen LogP contribution in [0.4, 0.5) is 0 Å². The van der Waals surface area contributed by atoms with Crippen molar-refractivity contribution < 1.29 is 4.74 Å². The lowest BCUT2D eigenvalue weighted by molar-refractivity contribution is 0.248. The highest BCUT2D eigenvalue weighted by Gasteiger charge is 2.17. The van der Waals surface area contributed by atoms with Crippen LogP contribution in [0, 0.1) is 18.8 Å². The molecule has 1 aliphatic rings. The maximum Gasteiger partial charge on any atom is 0.126 e. The molecule has 1 aromatic carbocycles. The van der Waals surface area contributed by atoms with E-state index in [1.54, 1.807) is 0 Å². The molecule has 0 unspecified atom stereocenters. The molecule has 2 nitrogen and oxygen atoms in total. The van der Waals surface area contributed by atoms with E-state index in [0.717, 1.165) is 35.8 Å². The van der Waals surface area contributed by atoms with Gasteiger partial charge in [-0.25, -0.2) is 0 Å². The van der Waals surface area contributed by atoms with E-state index in [-0.39, 0.29) is 0 Å². The minimum Gasteiger partial charge on any atom is -0.493 e. The SMILES string of the molecule is Cc1cc(Br)cc(CNCC(C)C)c1OCC1CCCC1. The minimum absolute atomic E-state index is 0.668. The first-order valence-electron chi connectivity index (χ1n) is 8.18. The van der Waals surface area contributed by atoms with Gasteiger partial charge in [-0.3, -0.25) is 0 Å². The van der Waals surface area contributed by atoms with Crippen LogP contribution in [0.3, 0.4) is 0 Å². The van der Waals surface area contributed by atoms with Crippen molar-refractivity contribution in [1.82, 2.24) is 5.32 Å². The average molecular weight is 354 g/mol. The molecule has 1 N–H and O–H groups in total. The summed E-state index contributed by atoms with van der Waals surface area (Å²) < 4.78 is 7.34. The van der Waals surface area contributed by atoms with Crippen LogP contribution in [-0.2, 0) is 6.54 Å². The monoisotopic (exact) mass is 353 g/mol. The van der Waals surface area contributed by atoms with Crippen molar-refractivity contribution in [2.45, 2.75) is 53.0 Å². The normalized spacial score (nSPS) is 15.9. The second kappa shape index (κ2) is 8.19. The molecule has 0 bridgehead atoms. The highest BCUT2D eigenvalue weighted by Crippen LogP contribution is 2.31. The van der Waals surface area contributed by atoms with Gasteiger partial charge in [0.2, 0.25) is 0 Å². The van der Waals surface area contributed by atoms with Crippen molar-refractivity contribution in [2.24, 2.45) is 11.8 Å². The second-order valence-corrected chi connectivity index (χ2v) is 7.61. The number of hydrogen-bond acceptors (Lipinski definition) is 2. The Hall–Kier alpha value is -0.540. The van der Waals surface area contributed by atoms with E-state index in [9.17, 15) is 0 Å². The van der Waals surface area contributed by atoms with Gasteiger partial charge in [0, 0.05) is 16.6 Å². The van der Waals surface area contributed by atoms with Crippen LogP contribution in [0.2, 0.25) is 0 Å². The number of hydrogen-bond donors (Lipinski definition) is 1. The lowest BCUT2D eigenvalue weighted by atomic mass is 10.1. The fourth-order valence-corrected chi connectivity index (χ4v) is 3.63. The van der Waals surface area contributed by atoms with Crippen molar-refractivity contribution in [3.63, 3.8) is 0 Å². The fraction of sp³-hybridized carbons (Fsp3) is 0.667. The van der Waals surface area contributed by atoms with Gasteiger partial charge in [-0.2, -0.15) is 0 Å². The lowest BCUT2D eigenvalue weighted by Gasteiger charge is -2.18. The van der Waals surface area contributed by atoms with Crippen LogP contribution in [0.1, 0.15) is 50.7 Å². The summed E-state index contributed by atoms with van der Waals surface area (Å²) in [4.78, 5) is 0. The van der Waals surface area contributed by atoms with E-state index in [4.69, 9.17) is 4.74 Å². The molecule has 0 radical (unpaired) electrons. The Kier molecular flexibility index (Phi) is 6.56. The third-order valence-corrected chi connectivity index (χ3v) is 4.58.